The van der Waals surface area contributed by atoms with E-state index in [0.29, 0.717) is 4.99 Å². The van der Waals surface area contributed by atoms with Gasteiger partial charge in [0.2, 0.25) is 0 Å². The SMILES string of the molecule is NC(=S)CN1CCN(c2snc3ccccc23)CC1. The number of nitrogens with two attached hydrogens (primary N) is 1. The average Bonchev–Trinajstić information content (AvgIpc) is 2.83. The van der Waals surface area contributed by atoms with Crippen LogP contribution in [0.3, 0.4) is 0 Å². The van der Waals surface area contributed by atoms with Gasteiger partial charge >= 0.3 is 0 Å². The zero-order valence-corrected chi connectivity index (χ0v) is 12.2. The third-order valence-corrected chi connectivity index (χ3v) is 4.47. The van der Waals surface area contributed by atoms with Crippen LogP contribution >= 0.6 is 23.8 Å². The number of rotatable bonds is 3. The van der Waals surface area contributed by atoms with Crippen LogP contribution < -0.4 is 10.6 Å². The van der Waals surface area contributed by atoms with E-state index >= 15 is 0 Å². The molecule has 19 heavy (non-hydrogen) atoms. The highest BCUT2D eigenvalue weighted by Gasteiger charge is 2.20. The lowest BCUT2D eigenvalue weighted by molar-refractivity contribution is 0.293. The summed E-state index contributed by atoms with van der Waals surface area (Å²) in [7, 11) is 0. The van der Waals surface area contributed by atoms with Crippen molar-refractivity contribution in [3.05, 3.63) is 24.3 Å². The molecule has 6 heteroatoms. The highest BCUT2D eigenvalue weighted by atomic mass is 32.1. The van der Waals surface area contributed by atoms with Crippen LogP contribution in [-0.4, -0.2) is 47.0 Å². The van der Waals surface area contributed by atoms with Gasteiger partial charge in [-0.15, -0.1) is 0 Å². The number of hydrogen-bond acceptors (Lipinski definition) is 5. The fourth-order valence-corrected chi connectivity index (χ4v) is 3.53. The maximum Gasteiger partial charge on any atom is 0.120 e. The van der Waals surface area contributed by atoms with Crippen LogP contribution in [0.2, 0.25) is 0 Å². The number of aromatic nitrogens is 1. The molecule has 1 saturated heterocycles. The molecule has 0 radical (unpaired) electrons. The molecular formula is C13H16N4S2. The second-order valence-electron chi connectivity index (χ2n) is 4.73. The largest absolute Gasteiger partial charge is 0.392 e. The van der Waals surface area contributed by atoms with E-state index in [4.69, 9.17) is 18.0 Å². The maximum atomic E-state index is 5.60. The smallest absolute Gasteiger partial charge is 0.120 e. The zero-order chi connectivity index (χ0) is 13.2. The van der Waals surface area contributed by atoms with Crippen molar-refractivity contribution in [2.24, 2.45) is 5.73 Å². The molecule has 100 valence electrons. The Balaban J connectivity index is 1.73. The quantitative estimate of drug-likeness (QED) is 0.873. The monoisotopic (exact) mass is 292 g/mol. The number of hydrogen-bond donors (Lipinski definition) is 1. The normalized spacial score (nSPS) is 16.9. The van der Waals surface area contributed by atoms with Crippen molar-refractivity contribution < 1.29 is 0 Å². The van der Waals surface area contributed by atoms with E-state index in [0.717, 1.165) is 38.2 Å². The van der Waals surface area contributed by atoms with E-state index < -0.39 is 0 Å². The van der Waals surface area contributed by atoms with Crippen LogP contribution in [0.5, 0.6) is 0 Å². The fraction of sp³-hybridized carbons (Fsp3) is 0.385. The van der Waals surface area contributed by atoms with Crippen LogP contribution in [-0.2, 0) is 0 Å². The topological polar surface area (TPSA) is 45.4 Å². The molecule has 2 aromatic rings. The summed E-state index contributed by atoms with van der Waals surface area (Å²) in [4.78, 5) is 5.30. The molecule has 0 amide bonds. The lowest BCUT2D eigenvalue weighted by atomic mass is 10.2. The van der Waals surface area contributed by atoms with Crippen molar-refractivity contribution in [2.45, 2.75) is 0 Å². The Morgan fingerprint density at radius 3 is 2.74 bits per heavy atom. The number of piperazine rings is 1. The first-order valence-electron chi connectivity index (χ1n) is 6.34. The third kappa shape index (κ3) is 2.70. The summed E-state index contributed by atoms with van der Waals surface area (Å²) < 4.78 is 4.51. The number of fused-ring (bicyclic) bond motifs is 1. The van der Waals surface area contributed by atoms with E-state index in [2.05, 4.69) is 32.4 Å². The minimum atomic E-state index is 0.580. The Morgan fingerprint density at radius 1 is 1.26 bits per heavy atom. The van der Waals surface area contributed by atoms with Crippen molar-refractivity contribution in [3.63, 3.8) is 0 Å². The molecule has 1 fully saturated rings. The number of anilines is 1. The predicted octanol–water partition coefficient (Wildman–Crippen LogP) is 1.70. The van der Waals surface area contributed by atoms with Crippen molar-refractivity contribution >= 4 is 44.6 Å². The lowest BCUT2D eigenvalue weighted by Gasteiger charge is -2.34. The standard InChI is InChI=1S/C13H16N4S2/c14-12(18)9-16-5-7-17(8-6-16)13-10-3-1-2-4-11(10)15-19-13/h1-4H,5-9H2,(H2,14,18). The summed E-state index contributed by atoms with van der Waals surface area (Å²) in [5.74, 6) is 0. The molecule has 1 aliphatic heterocycles. The lowest BCUT2D eigenvalue weighted by Crippen LogP contribution is -2.48. The van der Waals surface area contributed by atoms with Crippen molar-refractivity contribution in [1.29, 1.82) is 0 Å². The summed E-state index contributed by atoms with van der Waals surface area (Å²) in [6, 6.07) is 8.32. The van der Waals surface area contributed by atoms with Gasteiger partial charge in [-0.2, -0.15) is 4.37 Å². The van der Waals surface area contributed by atoms with Gasteiger partial charge in [0.05, 0.1) is 10.5 Å². The van der Waals surface area contributed by atoms with Crippen LogP contribution in [0.15, 0.2) is 24.3 Å². The molecule has 0 spiro atoms. The molecule has 3 rings (SSSR count). The van der Waals surface area contributed by atoms with E-state index in [1.165, 1.54) is 10.4 Å². The number of nitrogens with zero attached hydrogens (tertiary/aromatic N) is 3. The van der Waals surface area contributed by atoms with Gasteiger partial charge < -0.3 is 10.6 Å². The molecule has 0 atom stereocenters. The minimum absolute atomic E-state index is 0.580. The van der Waals surface area contributed by atoms with Crippen molar-refractivity contribution in [2.75, 3.05) is 37.6 Å². The molecular weight excluding hydrogens is 276 g/mol. The first-order valence-corrected chi connectivity index (χ1v) is 7.52. The predicted molar refractivity (Wildman–Crippen MR) is 85.1 cm³/mol. The second kappa shape index (κ2) is 5.40. The van der Waals surface area contributed by atoms with Gasteiger partial charge in [-0.25, -0.2) is 0 Å². The van der Waals surface area contributed by atoms with Gasteiger partial charge in [0.25, 0.3) is 0 Å². The fourth-order valence-electron chi connectivity index (χ4n) is 2.43. The summed E-state index contributed by atoms with van der Waals surface area (Å²) >= 11 is 6.55. The van der Waals surface area contributed by atoms with Crippen LogP contribution in [0.25, 0.3) is 10.9 Å². The molecule has 2 N–H and O–H groups in total. The van der Waals surface area contributed by atoms with Gasteiger partial charge in [0, 0.05) is 38.1 Å². The van der Waals surface area contributed by atoms with Gasteiger partial charge in [0.1, 0.15) is 5.00 Å². The second-order valence-corrected chi connectivity index (χ2v) is 6.01. The number of benzene rings is 1. The molecule has 4 nitrogen and oxygen atoms in total. The van der Waals surface area contributed by atoms with E-state index in [-0.39, 0.29) is 0 Å². The maximum absolute atomic E-state index is 5.60. The van der Waals surface area contributed by atoms with E-state index in [9.17, 15) is 0 Å². The number of thiocarbonyl (C=S) groups is 1. The van der Waals surface area contributed by atoms with Crippen LogP contribution in [0.1, 0.15) is 0 Å². The zero-order valence-electron chi connectivity index (χ0n) is 10.6. The Kier molecular flexibility index (Phi) is 3.63. The van der Waals surface area contributed by atoms with Crippen LogP contribution in [0.4, 0.5) is 5.00 Å². The summed E-state index contributed by atoms with van der Waals surface area (Å²) in [5.41, 5.74) is 6.69. The highest BCUT2D eigenvalue weighted by molar-refractivity contribution is 7.80. The average molecular weight is 292 g/mol. The van der Waals surface area contributed by atoms with E-state index in [1.54, 1.807) is 11.5 Å². The van der Waals surface area contributed by atoms with Gasteiger partial charge in [0.15, 0.2) is 0 Å². The first kappa shape index (κ1) is 12.8. The van der Waals surface area contributed by atoms with Gasteiger partial charge in [-0.3, -0.25) is 4.90 Å². The van der Waals surface area contributed by atoms with Crippen molar-refractivity contribution in [3.8, 4) is 0 Å². The molecule has 0 unspecified atom stereocenters. The molecule has 1 aromatic carbocycles. The Hall–Kier alpha value is -1.24. The Bertz CT molecular complexity index is 587. The summed E-state index contributed by atoms with van der Waals surface area (Å²) in [5, 5.41) is 2.54. The molecule has 1 aliphatic rings. The van der Waals surface area contributed by atoms with Gasteiger partial charge in [-0.05, 0) is 23.7 Å². The third-order valence-electron chi connectivity index (χ3n) is 3.40. The van der Waals surface area contributed by atoms with Crippen LogP contribution in [0, 0.1) is 0 Å². The highest BCUT2D eigenvalue weighted by Crippen LogP contribution is 2.31. The molecule has 0 bridgehead atoms. The summed E-state index contributed by atoms with van der Waals surface area (Å²) in [6.07, 6.45) is 0. The Labute approximate surface area is 122 Å². The minimum Gasteiger partial charge on any atom is -0.392 e. The molecule has 0 aliphatic carbocycles. The summed E-state index contributed by atoms with van der Waals surface area (Å²) in [6.45, 7) is 4.75. The molecule has 0 saturated carbocycles. The Morgan fingerprint density at radius 2 is 2.00 bits per heavy atom. The first-order chi connectivity index (χ1) is 9.24. The molecule has 1 aromatic heterocycles. The van der Waals surface area contributed by atoms with Gasteiger partial charge in [-0.1, -0.05) is 24.4 Å². The van der Waals surface area contributed by atoms with Crippen molar-refractivity contribution in [1.82, 2.24) is 9.27 Å². The van der Waals surface area contributed by atoms with E-state index in [1.807, 2.05) is 6.07 Å². The molecule has 2 heterocycles.